The van der Waals surface area contributed by atoms with Crippen LogP contribution in [0.2, 0.25) is 0 Å². The van der Waals surface area contributed by atoms with Crippen molar-refractivity contribution in [2.24, 2.45) is 23.7 Å². The van der Waals surface area contributed by atoms with E-state index in [1.54, 1.807) is 6.92 Å². The molecule has 28 heavy (non-hydrogen) atoms. The van der Waals surface area contributed by atoms with Gasteiger partial charge in [0.25, 0.3) is 0 Å². The van der Waals surface area contributed by atoms with Crippen molar-refractivity contribution in [1.29, 1.82) is 0 Å². The number of esters is 1. The molecule has 2 bridgehead atoms. The number of carboxylic acid groups (broad SMARTS) is 1. The van der Waals surface area contributed by atoms with Crippen molar-refractivity contribution in [2.75, 3.05) is 0 Å². The molecule has 1 aliphatic carbocycles. The average Bonchev–Trinajstić information content (AvgIpc) is 2.79. The Bertz CT molecular complexity index is 581. The highest BCUT2D eigenvalue weighted by Crippen LogP contribution is 2.47. The summed E-state index contributed by atoms with van der Waals surface area (Å²) in [6.07, 6.45) is 1.51. The zero-order chi connectivity index (χ0) is 20.5. The van der Waals surface area contributed by atoms with Gasteiger partial charge in [-0.05, 0) is 50.9 Å². The van der Waals surface area contributed by atoms with E-state index in [9.17, 15) is 9.59 Å². The predicted octanol–water partition coefficient (Wildman–Crippen LogP) is 3.24. The van der Waals surface area contributed by atoms with Crippen LogP contribution in [0.4, 0.5) is 0 Å². The third kappa shape index (κ3) is 4.84. The zero-order valence-corrected chi connectivity index (χ0v) is 17.1. The Kier molecular flexibility index (Phi) is 6.64. The van der Waals surface area contributed by atoms with E-state index in [-0.39, 0.29) is 30.8 Å². The minimum absolute atomic E-state index is 0.103. The van der Waals surface area contributed by atoms with Crippen LogP contribution in [0.3, 0.4) is 0 Å². The molecule has 2 aliphatic heterocycles. The van der Waals surface area contributed by atoms with Crippen LogP contribution < -0.4 is 0 Å². The summed E-state index contributed by atoms with van der Waals surface area (Å²) >= 11 is 0. The van der Waals surface area contributed by atoms with E-state index in [2.05, 4.69) is 6.92 Å². The lowest BCUT2D eigenvalue weighted by Gasteiger charge is -2.44. The summed E-state index contributed by atoms with van der Waals surface area (Å²) in [4.78, 5) is 34.6. The van der Waals surface area contributed by atoms with E-state index in [0.717, 1.165) is 19.3 Å². The van der Waals surface area contributed by atoms with E-state index in [1.807, 2.05) is 13.8 Å². The van der Waals surface area contributed by atoms with Gasteiger partial charge in [-0.2, -0.15) is 0 Å². The molecule has 0 aromatic heterocycles. The van der Waals surface area contributed by atoms with Gasteiger partial charge < -0.3 is 19.3 Å². The second-order valence-corrected chi connectivity index (χ2v) is 8.63. The fourth-order valence-electron chi connectivity index (χ4n) is 4.76. The van der Waals surface area contributed by atoms with Gasteiger partial charge in [0.2, 0.25) is 12.1 Å². The van der Waals surface area contributed by atoms with Crippen molar-refractivity contribution < 1.29 is 38.7 Å². The molecule has 1 saturated carbocycles. The first-order valence-corrected chi connectivity index (χ1v) is 10.3. The molecular formula is C20H32O8. The van der Waals surface area contributed by atoms with Gasteiger partial charge in [0, 0.05) is 12.3 Å². The SMILES string of the molecule is C[C@@H]1O[C@@H](OC(=O)CCC(=O)O)[C@H](C)[C@@H]2CC[C@@H](C)[C@@H]3CC[C@@](C)(OO[C@H]32)O1. The number of carbonyl (C=O) groups is 2. The molecule has 3 rings (SSSR count). The lowest BCUT2D eigenvalue weighted by molar-refractivity contribution is -0.471. The van der Waals surface area contributed by atoms with Gasteiger partial charge >= 0.3 is 11.9 Å². The highest BCUT2D eigenvalue weighted by Gasteiger charge is 2.49. The van der Waals surface area contributed by atoms with Crippen LogP contribution in [0.15, 0.2) is 0 Å². The van der Waals surface area contributed by atoms with Crippen LogP contribution in [0.5, 0.6) is 0 Å². The van der Waals surface area contributed by atoms with Crippen LogP contribution in [0.1, 0.15) is 66.2 Å². The Morgan fingerprint density at radius 2 is 1.86 bits per heavy atom. The van der Waals surface area contributed by atoms with Crippen molar-refractivity contribution in [3.63, 3.8) is 0 Å². The van der Waals surface area contributed by atoms with E-state index >= 15 is 0 Å². The van der Waals surface area contributed by atoms with Gasteiger partial charge in [-0.25, -0.2) is 9.78 Å². The normalized spacial score (nSPS) is 43.8. The van der Waals surface area contributed by atoms with Crippen LogP contribution >= 0.6 is 0 Å². The number of aliphatic carboxylic acids is 1. The standard InChI is InChI=1S/C20H32O8/c1-11-5-6-15-12(2)19(25-17(23)8-7-16(21)22)24-13(3)26-20(4)10-9-14(11)18(15)27-28-20/h11-15,18-19H,5-10H2,1-4H3,(H,21,22)/t11-,12-,13-,14+,15+,18-,19+,20-/m1/s1. The highest BCUT2D eigenvalue weighted by molar-refractivity contribution is 5.76. The van der Waals surface area contributed by atoms with Crippen molar-refractivity contribution in [3.8, 4) is 0 Å². The predicted molar refractivity (Wildman–Crippen MR) is 96.5 cm³/mol. The summed E-state index contributed by atoms with van der Waals surface area (Å²) in [5.41, 5.74) is 0. The van der Waals surface area contributed by atoms with Crippen LogP contribution in [-0.2, 0) is 33.6 Å². The first-order chi connectivity index (χ1) is 13.2. The number of ether oxygens (including phenoxy) is 3. The van der Waals surface area contributed by atoms with Gasteiger partial charge in [0.05, 0.1) is 18.9 Å². The molecule has 0 spiro atoms. The maximum absolute atomic E-state index is 12.2. The Morgan fingerprint density at radius 3 is 2.57 bits per heavy atom. The largest absolute Gasteiger partial charge is 0.481 e. The van der Waals surface area contributed by atoms with Gasteiger partial charge in [-0.1, -0.05) is 13.8 Å². The van der Waals surface area contributed by atoms with Crippen molar-refractivity contribution in [1.82, 2.24) is 0 Å². The van der Waals surface area contributed by atoms with Crippen molar-refractivity contribution in [3.05, 3.63) is 0 Å². The van der Waals surface area contributed by atoms with Gasteiger partial charge in [0.15, 0.2) is 6.29 Å². The van der Waals surface area contributed by atoms with E-state index in [0.29, 0.717) is 18.3 Å². The zero-order valence-electron chi connectivity index (χ0n) is 17.1. The summed E-state index contributed by atoms with van der Waals surface area (Å²) in [7, 11) is 0. The monoisotopic (exact) mass is 400 g/mol. The number of carboxylic acids is 1. The minimum Gasteiger partial charge on any atom is -0.481 e. The molecule has 3 aliphatic rings. The molecule has 0 aromatic rings. The molecule has 8 nitrogen and oxygen atoms in total. The van der Waals surface area contributed by atoms with E-state index in [4.69, 9.17) is 29.1 Å². The topological polar surface area (TPSA) is 101 Å². The molecular weight excluding hydrogens is 368 g/mol. The van der Waals surface area contributed by atoms with Crippen molar-refractivity contribution >= 4 is 11.9 Å². The second-order valence-electron chi connectivity index (χ2n) is 8.63. The Morgan fingerprint density at radius 1 is 1.11 bits per heavy atom. The summed E-state index contributed by atoms with van der Waals surface area (Å²) in [5, 5.41) is 8.80. The quantitative estimate of drug-likeness (QED) is 0.567. The van der Waals surface area contributed by atoms with Crippen LogP contribution in [0, 0.1) is 23.7 Å². The van der Waals surface area contributed by atoms with Gasteiger partial charge in [-0.3, -0.25) is 9.59 Å². The molecule has 0 amide bonds. The maximum atomic E-state index is 12.2. The highest BCUT2D eigenvalue weighted by atomic mass is 17.2. The third-order valence-electron chi connectivity index (χ3n) is 6.43. The number of carbonyl (C=O) groups excluding carboxylic acids is 1. The first-order valence-electron chi connectivity index (χ1n) is 10.3. The number of hydrogen-bond acceptors (Lipinski definition) is 7. The molecule has 8 heteroatoms. The van der Waals surface area contributed by atoms with Crippen LogP contribution in [0.25, 0.3) is 0 Å². The molecule has 2 heterocycles. The van der Waals surface area contributed by atoms with Crippen molar-refractivity contribution in [2.45, 2.75) is 90.7 Å². The lowest BCUT2D eigenvalue weighted by atomic mass is 9.67. The van der Waals surface area contributed by atoms with Gasteiger partial charge in [0.1, 0.15) is 0 Å². The Hall–Kier alpha value is -1.22. The fourth-order valence-corrected chi connectivity index (χ4v) is 4.76. The molecule has 3 fully saturated rings. The molecule has 0 aromatic carbocycles. The molecule has 8 atom stereocenters. The Labute approximate surface area is 165 Å². The molecule has 0 unspecified atom stereocenters. The average molecular weight is 400 g/mol. The first kappa shape index (κ1) is 21.5. The van der Waals surface area contributed by atoms with Crippen LogP contribution in [-0.4, -0.2) is 41.5 Å². The van der Waals surface area contributed by atoms with E-state index < -0.39 is 30.3 Å². The summed E-state index contributed by atoms with van der Waals surface area (Å²) in [6.45, 7) is 7.79. The maximum Gasteiger partial charge on any atom is 0.308 e. The smallest absolute Gasteiger partial charge is 0.308 e. The third-order valence-corrected chi connectivity index (χ3v) is 6.43. The Balaban J connectivity index is 1.82. The minimum atomic E-state index is -1.04. The number of fused-ring (bicyclic) bond motifs is 2. The molecule has 0 radical (unpaired) electrons. The lowest BCUT2D eigenvalue weighted by Crippen LogP contribution is -2.48. The van der Waals surface area contributed by atoms with Gasteiger partial charge in [-0.15, -0.1) is 0 Å². The number of hydrogen-bond donors (Lipinski definition) is 1. The summed E-state index contributed by atoms with van der Waals surface area (Å²) in [6, 6.07) is 0. The fraction of sp³-hybridized carbons (Fsp3) is 0.900. The molecule has 160 valence electrons. The second kappa shape index (κ2) is 8.65. The molecule has 1 N–H and O–H groups in total. The summed E-state index contributed by atoms with van der Waals surface area (Å²) < 4.78 is 17.5. The summed E-state index contributed by atoms with van der Waals surface area (Å²) in [5.74, 6) is -1.75. The number of rotatable bonds is 4. The molecule has 2 saturated heterocycles. The van der Waals surface area contributed by atoms with E-state index in [1.165, 1.54) is 0 Å².